The van der Waals surface area contributed by atoms with E-state index in [0.717, 1.165) is 12.8 Å². The number of hydrogen-bond acceptors (Lipinski definition) is 4. The molecule has 0 aliphatic carbocycles. The molecule has 2 aromatic carbocycles. The van der Waals surface area contributed by atoms with Crippen molar-refractivity contribution in [3.8, 4) is 5.75 Å². The largest absolute Gasteiger partial charge is 0.479 e. The summed E-state index contributed by atoms with van der Waals surface area (Å²) < 4.78 is 32.7. The van der Waals surface area contributed by atoms with Gasteiger partial charge < -0.3 is 10.1 Å². The Bertz CT molecular complexity index is 1000. The second kappa shape index (κ2) is 9.56. The van der Waals surface area contributed by atoms with E-state index in [9.17, 15) is 13.2 Å². The zero-order chi connectivity index (χ0) is 21.9. The molecular weight excluding hydrogens is 447 g/mol. The number of halogens is 2. The van der Waals surface area contributed by atoms with E-state index in [0.29, 0.717) is 40.5 Å². The van der Waals surface area contributed by atoms with Crippen molar-refractivity contribution in [3.63, 3.8) is 0 Å². The summed E-state index contributed by atoms with van der Waals surface area (Å²) in [6.07, 6.45) is 0.911. The Labute approximate surface area is 187 Å². The second-order valence-electron chi connectivity index (χ2n) is 7.44. The molecule has 6 nitrogen and oxygen atoms in total. The molecule has 0 bridgehead atoms. The predicted molar refractivity (Wildman–Crippen MR) is 119 cm³/mol. The third-order valence-corrected chi connectivity index (χ3v) is 7.51. The predicted octanol–water partition coefficient (Wildman–Crippen LogP) is 4.82. The van der Waals surface area contributed by atoms with Gasteiger partial charge in [-0.2, -0.15) is 4.31 Å². The smallest absolute Gasteiger partial charge is 0.265 e. The maximum atomic E-state index is 12.8. The molecule has 1 saturated heterocycles. The van der Waals surface area contributed by atoms with Gasteiger partial charge in [0.2, 0.25) is 10.0 Å². The molecule has 1 N–H and O–H groups in total. The first-order chi connectivity index (χ1) is 14.2. The minimum Gasteiger partial charge on any atom is -0.479 e. The summed E-state index contributed by atoms with van der Waals surface area (Å²) in [4.78, 5) is 12.6. The van der Waals surface area contributed by atoms with Gasteiger partial charge in [-0.05, 0) is 68.1 Å². The lowest BCUT2D eigenvalue weighted by Gasteiger charge is -2.29. The maximum Gasteiger partial charge on any atom is 0.265 e. The van der Waals surface area contributed by atoms with E-state index in [1.54, 1.807) is 31.2 Å². The van der Waals surface area contributed by atoms with Crippen molar-refractivity contribution >= 4 is 44.8 Å². The molecule has 3 rings (SSSR count). The minimum absolute atomic E-state index is 0.215. The van der Waals surface area contributed by atoms with Crippen LogP contribution in [0.3, 0.4) is 0 Å². The van der Waals surface area contributed by atoms with Crippen LogP contribution in [0.5, 0.6) is 5.75 Å². The highest BCUT2D eigenvalue weighted by atomic mass is 35.5. The van der Waals surface area contributed by atoms with E-state index in [1.807, 2.05) is 0 Å². The van der Waals surface area contributed by atoms with Gasteiger partial charge in [0.1, 0.15) is 5.75 Å². The lowest BCUT2D eigenvalue weighted by Crippen LogP contribution is -2.37. The van der Waals surface area contributed by atoms with Gasteiger partial charge in [-0.1, -0.05) is 30.1 Å². The number of anilines is 1. The molecule has 0 spiro atoms. The summed E-state index contributed by atoms with van der Waals surface area (Å²) in [7, 11) is -3.53. The summed E-state index contributed by atoms with van der Waals surface area (Å²) in [5.41, 5.74) is 0.476. The normalized spacial score (nSPS) is 16.8. The molecule has 0 saturated carbocycles. The molecule has 2 aromatic rings. The number of carbonyl (C=O) groups is 1. The average molecular weight is 471 g/mol. The van der Waals surface area contributed by atoms with Gasteiger partial charge in [-0.15, -0.1) is 0 Å². The average Bonchev–Trinajstić information content (AvgIpc) is 2.70. The van der Waals surface area contributed by atoms with Crippen LogP contribution in [0.15, 0.2) is 47.4 Å². The highest BCUT2D eigenvalue weighted by molar-refractivity contribution is 7.89. The summed E-state index contributed by atoms with van der Waals surface area (Å²) in [5.74, 6) is 0.503. The molecule has 1 unspecified atom stereocenters. The van der Waals surface area contributed by atoms with Crippen molar-refractivity contribution in [2.45, 2.75) is 37.7 Å². The van der Waals surface area contributed by atoms with Crippen molar-refractivity contribution < 1.29 is 17.9 Å². The van der Waals surface area contributed by atoms with Gasteiger partial charge in [0.25, 0.3) is 5.91 Å². The van der Waals surface area contributed by atoms with E-state index in [2.05, 4.69) is 12.2 Å². The molecule has 9 heteroatoms. The zero-order valence-electron chi connectivity index (χ0n) is 16.8. The molecular formula is C21H24Cl2N2O4S. The molecule has 1 heterocycles. The fourth-order valence-electron chi connectivity index (χ4n) is 3.14. The third-order valence-electron chi connectivity index (χ3n) is 5.07. The van der Waals surface area contributed by atoms with Crippen LogP contribution in [0.1, 0.15) is 26.7 Å². The molecule has 1 aliphatic heterocycles. The number of nitrogens with one attached hydrogen (secondary N) is 1. The van der Waals surface area contributed by atoms with Gasteiger partial charge in [-0.3, -0.25) is 4.79 Å². The van der Waals surface area contributed by atoms with Crippen molar-refractivity contribution in [2.24, 2.45) is 5.92 Å². The number of rotatable bonds is 6. The fraction of sp³-hybridized carbons (Fsp3) is 0.381. The minimum atomic E-state index is -3.53. The van der Waals surface area contributed by atoms with Crippen LogP contribution in [0.25, 0.3) is 0 Å². The summed E-state index contributed by atoms with van der Waals surface area (Å²) >= 11 is 11.9. The van der Waals surface area contributed by atoms with E-state index in [4.69, 9.17) is 27.9 Å². The van der Waals surface area contributed by atoms with Gasteiger partial charge in [-0.25, -0.2) is 8.42 Å². The number of benzene rings is 2. The Hall–Kier alpha value is -1.80. The Morgan fingerprint density at radius 2 is 1.77 bits per heavy atom. The van der Waals surface area contributed by atoms with Gasteiger partial charge in [0, 0.05) is 23.8 Å². The number of hydrogen-bond donors (Lipinski definition) is 1. The quantitative estimate of drug-likeness (QED) is 0.656. The molecule has 1 fully saturated rings. The Balaban J connectivity index is 1.62. The van der Waals surface area contributed by atoms with E-state index < -0.39 is 16.1 Å². The molecule has 1 aliphatic rings. The van der Waals surface area contributed by atoms with Gasteiger partial charge >= 0.3 is 0 Å². The number of nitrogens with zero attached hydrogens (tertiary/aromatic N) is 1. The lowest BCUT2D eigenvalue weighted by atomic mass is 10.0. The Morgan fingerprint density at radius 1 is 1.13 bits per heavy atom. The monoisotopic (exact) mass is 470 g/mol. The molecule has 1 amide bonds. The zero-order valence-corrected chi connectivity index (χ0v) is 19.1. The number of ether oxygens (including phenoxy) is 1. The van der Waals surface area contributed by atoms with Crippen molar-refractivity contribution in [2.75, 3.05) is 18.4 Å². The molecule has 162 valence electrons. The SMILES string of the molecule is CC1CCN(S(=O)(=O)c2ccc(NC(=O)C(C)Oc3ccc(Cl)cc3Cl)cc2)CC1. The molecule has 1 atom stereocenters. The number of piperidine rings is 1. The standard InChI is InChI=1S/C21H24Cl2N2O4S/c1-14-9-11-25(12-10-14)30(27,28)18-6-4-17(5-7-18)24-21(26)15(2)29-20-8-3-16(22)13-19(20)23/h3-8,13-15H,9-12H2,1-2H3,(H,24,26). The first-order valence-electron chi connectivity index (χ1n) is 9.69. The van der Waals surface area contributed by atoms with Gasteiger partial charge in [0.05, 0.1) is 9.92 Å². The fourth-order valence-corrected chi connectivity index (χ4v) is 5.07. The summed E-state index contributed by atoms with van der Waals surface area (Å²) in [6, 6.07) is 10.9. The van der Waals surface area contributed by atoms with Crippen molar-refractivity contribution in [1.29, 1.82) is 0 Å². The van der Waals surface area contributed by atoms with Crippen LogP contribution < -0.4 is 10.1 Å². The van der Waals surface area contributed by atoms with Crippen molar-refractivity contribution in [3.05, 3.63) is 52.5 Å². The van der Waals surface area contributed by atoms with Crippen LogP contribution in [-0.4, -0.2) is 37.8 Å². The van der Waals surface area contributed by atoms with Crippen LogP contribution in [-0.2, 0) is 14.8 Å². The number of carbonyl (C=O) groups excluding carboxylic acids is 1. The molecule has 30 heavy (non-hydrogen) atoms. The van der Waals surface area contributed by atoms with Crippen LogP contribution in [0.2, 0.25) is 10.0 Å². The summed E-state index contributed by atoms with van der Waals surface area (Å²) in [5, 5.41) is 3.50. The first-order valence-corrected chi connectivity index (χ1v) is 11.9. The third kappa shape index (κ3) is 5.46. The number of amides is 1. The molecule has 0 aromatic heterocycles. The first kappa shape index (κ1) is 22.9. The van der Waals surface area contributed by atoms with Crippen LogP contribution >= 0.6 is 23.2 Å². The van der Waals surface area contributed by atoms with E-state index in [-0.39, 0.29) is 10.8 Å². The second-order valence-corrected chi connectivity index (χ2v) is 10.2. The Morgan fingerprint density at radius 3 is 2.37 bits per heavy atom. The highest BCUT2D eigenvalue weighted by Crippen LogP contribution is 2.29. The van der Waals surface area contributed by atoms with Crippen LogP contribution in [0.4, 0.5) is 5.69 Å². The lowest BCUT2D eigenvalue weighted by molar-refractivity contribution is -0.122. The topological polar surface area (TPSA) is 75.7 Å². The Kier molecular flexibility index (Phi) is 7.29. The van der Waals surface area contributed by atoms with E-state index >= 15 is 0 Å². The maximum absolute atomic E-state index is 12.8. The highest BCUT2D eigenvalue weighted by Gasteiger charge is 2.28. The van der Waals surface area contributed by atoms with E-state index in [1.165, 1.54) is 22.5 Å². The summed E-state index contributed by atoms with van der Waals surface area (Å²) in [6.45, 7) is 4.79. The molecule has 0 radical (unpaired) electrons. The number of sulfonamides is 1. The van der Waals surface area contributed by atoms with Gasteiger partial charge in [0.15, 0.2) is 6.10 Å². The van der Waals surface area contributed by atoms with Crippen LogP contribution in [0, 0.1) is 5.92 Å². The van der Waals surface area contributed by atoms with Crippen molar-refractivity contribution in [1.82, 2.24) is 4.31 Å².